The summed E-state index contributed by atoms with van der Waals surface area (Å²) in [6, 6.07) is 4.96. The van der Waals surface area contributed by atoms with Crippen LogP contribution in [0.1, 0.15) is 31.4 Å². The highest BCUT2D eigenvalue weighted by molar-refractivity contribution is 5.49. The van der Waals surface area contributed by atoms with Crippen LogP contribution in [0.3, 0.4) is 0 Å². The number of aliphatic hydroxyl groups excluding tert-OH is 1. The lowest BCUT2D eigenvalue weighted by atomic mass is 10.1. The second-order valence-electron chi connectivity index (χ2n) is 4.81. The number of hydrogen-bond acceptors (Lipinski definition) is 3. The predicted molar refractivity (Wildman–Crippen MR) is 69.3 cm³/mol. The van der Waals surface area contributed by atoms with Crippen LogP contribution >= 0.6 is 0 Å². The SMILES string of the molecule is COC1CCN(c2ccc([C@@H](C)O)cc2F)CC1. The first kappa shape index (κ1) is 13.3. The summed E-state index contributed by atoms with van der Waals surface area (Å²) < 4.78 is 19.3. The molecule has 1 aromatic carbocycles. The Labute approximate surface area is 107 Å². The van der Waals surface area contributed by atoms with Crippen molar-refractivity contribution in [2.24, 2.45) is 0 Å². The van der Waals surface area contributed by atoms with Crippen LogP contribution in [0.2, 0.25) is 0 Å². The third-order valence-corrected chi connectivity index (χ3v) is 3.57. The van der Waals surface area contributed by atoms with Gasteiger partial charge in [0.05, 0.1) is 17.9 Å². The van der Waals surface area contributed by atoms with E-state index in [1.54, 1.807) is 26.2 Å². The lowest BCUT2D eigenvalue weighted by Crippen LogP contribution is -2.37. The van der Waals surface area contributed by atoms with Crippen LogP contribution in [-0.4, -0.2) is 31.4 Å². The lowest BCUT2D eigenvalue weighted by molar-refractivity contribution is 0.0818. The van der Waals surface area contributed by atoms with Crippen LogP contribution in [-0.2, 0) is 4.74 Å². The van der Waals surface area contributed by atoms with Crippen molar-refractivity contribution in [3.8, 4) is 0 Å². The van der Waals surface area contributed by atoms with Gasteiger partial charge in [0.25, 0.3) is 0 Å². The van der Waals surface area contributed by atoms with Gasteiger partial charge in [-0.15, -0.1) is 0 Å². The maximum Gasteiger partial charge on any atom is 0.146 e. The van der Waals surface area contributed by atoms with Crippen LogP contribution in [0.5, 0.6) is 0 Å². The van der Waals surface area contributed by atoms with Crippen molar-refractivity contribution in [1.29, 1.82) is 0 Å². The highest BCUT2D eigenvalue weighted by Gasteiger charge is 2.21. The van der Waals surface area contributed by atoms with E-state index in [0.717, 1.165) is 25.9 Å². The summed E-state index contributed by atoms with van der Waals surface area (Å²) in [5.74, 6) is -0.260. The summed E-state index contributed by atoms with van der Waals surface area (Å²) in [7, 11) is 1.72. The molecule has 0 spiro atoms. The number of rotatable bonds is 3. The molecule has 1 aliphatic rings. The van der Waals surface area contributed by atoms with E-state index in [2.05, 4.69) is 0 Å². The molecule has 0 aromatic heterocycles. The Morgan fingerprint density at radius 1 is 1.39 bits per heavy atom. The maximum atomic E-state index is 14.0. The average Bonchev–Trinajstić information content (AvgIpc) is 2.38. The monoisotopic (exact) mass is 253 g/mol. The van der Waals surface area contributed by atoms with E-state index in [1.165, 1.54) is 6.07 Å². The van der Waals surface area contributed by atoms with E-state index < -0.39 is 6.10 Å². The zero-order valence-electron chi connectivity index (χ0n) is 10.9. The number of anilines is 1. The zero-order chi connectivity index (χ0) is 13.1. The van der Waals surface area contributed by atoms with Gasteiger partial charge in [-0.2, -0.15) is 0 Å². The van der Waals surface area contributed by atoms with Gasteiger partial charge in [0.1, 0.15) is 5.82 Å². The minimum Gasteiger partial charge on any atom is -0.389 e. The fourth-order valence-corrected chi connectivity index (χ4v) is 2.37. The van der Waals surface area contributed by atoms with E-state index in [0.29, 0.717) is 17.4 Å². The van der Waals surface area contributed by atoms with Crippen LogP contribution in [0, 0.1) is 5.82 Å². The number of halogens is 1. The van der Waals surface area contributed by atoms with Crippen LogP contribution in [0.25, 0.3) is 0 Å². The summed E-state index contributed by atoms with van der Waals surface area (Å²) in [4.78, 5) is 2.04. The van der Waals surface area contributed by atoms with Gasteiger partial charge >= 0.3 is 0 Å². The van der Waals surface area contributed by atoms with Crippen molar-refractivity contribution >= 4 is 5.69 Å². The predicted octanol–water partition coefficient (Wildman–Crippen LogP) is 2.49. The summed E-state index contributed by atoms with van der Waals surface area (Å²) in [6.45, 7) is 3.26. The number of piperidine rings is 1. The minimum atomic E-state index is -0.632. The summed E-state index contributed by atoms with van der Waals surface area (Å²) >= 11 is 0. The van der Waals surface area contributed by atoms with Crippen LogP contribution < -0.4 is 4.90 Å². The molecule has 1 N–H and O–H groups in total. The van der Waals surface area contributed by atoms with Gasteiger partial charge in [-0.25, -0.2) is 4.39 Å². The Balaban J connectivity index is 2.10. The quantitative estimate of drug-likeness (QED) is 0.898. The van der Waals surface area contributed by atoms with Gasteiger partial charge in [-0.05, 0) is 37.5 Å². The van der Waals surface area contributed by atoms with Crippen LogP contribution in [0.4, 0.5) is 10.1 Å². The molecule has 18 heavy (non-hydrogen) atoms. The smallest absolute Gasteiger partial charge is 0.146 e. The summed E-state index contributed by atoms with van der Waals surface area (Å²) in [6.07, 6.45) is 1.51. The highest BCUT2D eigenvalue weighted by atomic mass is 19.1. The van der Waals surface area contributed by atoms with E-state index in [9.17, 15) is 9.50 Å². The molecular weight excluding hydrogens is 233 g/mol. The van der Waals surface area contributed by atoms with E-state index in [-0.39, 0.29) is 5.82 Å². The first-order valence-corrected chi connectivity index (χ1v) is 6.37. The van der Waals surface area contributed by atoms with Crippen molar-refractivity contribution in [1.82, 2.24) is 0 Å². The first-order chi connectivity index (χ1) is 8.61. The molecule has 0 radical (unpaired) electrons. The molecule has 1 saturated heterocycles. The molecule has 0 saturated carbocycles. The molecule has 1 aliphatic heterocycles. The maximum absolute atomic E-state index is 14.0. The molecule has 0 amide bonds. The number of aliphatic hydroxyl groups is 1. The molecule has 1 heterocycles. The van der Waals surface area contributed by atoms with Gasteiger partial charge in [0.15, 0.2) is 0 Å². The molecule has 1 atom stereocenters. The molecule has 3 nitrogen and oxygen atoms in total. The average molecular weight is 253 g/mol. The second kappa shape index (κ2) is 5.67. The van der Waals surface area contributed by atoms with Gasteiger partial charge in [0.2, 0.25) is 0 Å². The minimum absolute atomic E-state index is 0.260. The molecule has 0 unspecified atom stereocenters. The Morgan fingerprint density at radius 2 is 2.06 bits per heavy atom. The molecule has 1 aromatic rings. The Kier molecular flexibility index (Phi) is 4.19. The molecule has 100 valence electrons. The highest BCUT2D eigenvalue weighted by Crippen LogP contribution is 2.26. The van der Waals surface area contributed by atoms with Crippen molar-refractivity contribution < 1.29 is 14.2 Å². The van der Waals surface area contributed by atoms with Crippen molar-refractivity contribution in [3.05, 3.63) is 29.6 Å². The van der Waals surface area contributed by atoms with Crippen molar-refractivity contribution in [3.63, 3.8) is 0 Å². The third-order valence-electron chi connectivity index (χ3n) is 3.57. The standard InChI is InChI=1S/C14H20FNO2/c1-10(17)11-3-4-14(13(15)9-11)16-7-5-12(18-2)6-8-16/h3-4,9-10,12,17H,5-8H2,1-2H3/t10-/m1/s1. The van der Waals surface area contributed by atoms with E-state index >= 15 is 0 Å². The van der Waals surface area contributed by atoms with Crippen molar-refractivity contribution in [2.45, 2.75) is 32.0 Å². The molecule has 4 heteroatoms. The van der Waals surface area contributed by atoms with Crippen LogP contribution in [0.15, 0.2) is 18.2 Å². The normalized spacial score (nSPS) is 19.0. The second-order valence-corrected chi connectivity index (χ2v) is 4.81. The molecule has 2 rings (SSSR count). The molecule has 0 bridgehead atoms. The Hall–Kier alpha value is -1.13. The number of benzene rings is 1. The fraction of sp³-hybridized carbons (Fsp3) is 0.571. The van der Waals surface area contributed by atoms with E-state index in [4.69, 9.17) is 4.74 Å². The number of nitrogens with zero attached hydrogens (tertiary/aromatic N) is 1. The Morgan fingerprint density at radius 3 is 2.56 bits per heavy atom. The molecular formula is C14H20FNO2. The third kappa shape index (κ3) is 2.82. The first-order valence-electron chi connectivity index (χ1n) is 6.37. The Bertz CT molecular complexity index is 401. The lowest BCUT2D eigenvalue weighted by Gasteiger charge is -2.33. The zero-order valence-corrected chi connectivity index (χ0v) is 10.9. The largest absolute Gasteiger partial charge is 0.389 e. The van der Waals surface area contributed by atoms with Gasteiger partial charge in [-0.3, -0.25) is 0 Å². The summed E-state index contributed by atoms with van der Waals surface area (Å²) in [5, 5.41) is 9.42. The van der Waals surface area contributed by atoms with Gasteiger partial charge in [0, 0.05) is 20.2 Å². The molecule has 1 fully saturated rings. The van der Waals surface area contributed by atoms with E-state index in [1.807, 2.05) is 4.90 Å². The van der Waals surface area contributed by atoms with Gasteiger partial charge in [-0.1, -0.05) is 6.07 Å². The molecule has 0 aliphatic carbocycles. The fourth-order valence-electron chi connectivity index (χ4n) is 2.37. The number of ether oxygens (including phenoxy) is 1. The summed E-state index contributed by atoms with van der Waals surface area (Å²) in [5.41, 5.74) is 1.23. The number of hydrogen-bond donors (Lipinski definition) is 1. The number of methoxy groups -OCH3 is 1. The van der Waals surface area contributed by atoms with Crippen molar-refractivity contribution in [2.75, 3.05) is 25.1 Å². The topological polar surface area (TPSA) is 32.7 Å². The van der Waals surface area contributed by atoms with Gasteiger partial charge < -0.3 is 14.7 Å².